The summed E-state index contributed by atoms with van der Waals surface area (Å²) in [5.41, 5.74) is -1.19. The molecular weight excluding hydrogens is 222 g/mol. The summed E-state index contributed by atoms with van der Waals surface area (Å²) < 4.78 is 0. The third-order valence-corrected chi connectivity index (χ3v) is 3.47. The molecule has 1 rings (SSSR count). The Morgan fingerprint density at radius 1 is 1.35 bits per heavy atom. The molecule has 1 amide bonds. The topological polar surface area (TPSA) is 77.8 Å². The lowest BCUT2D eigenvalue weighted by molar-refractivity contribution is -0.168. The minimum Gasteiger partial charge on any atom is -0.480 e. The largest absolute Gasteiger partial charge is 0.480 e. The van der Waals surface area contributed by atoms with Crippen molar-refractivity contribution in [3.63, 3.8) is 0 Å². The molecule has 5 heteroatoms. The first kappa shape index (κ1) is 14.0. The molecule has 0 aromatic rings. The zero-order chi connectivity index (χ0) is 13.1. The molecule has 1 aliphatic carbocycles. The molecule has 0 aromatic carbocycles. The first-order valence-electron chi connectivity index (χ1n) is 6.11. The van der Waals surface area contributed by atoms with Crippen molar-refractivity contribution in [1.29, 1.82) is 0 Å². The molecule has 0 bridgehead atoms. The van der Waals surface area contributed by atoms with Gasteiger partial charge in [0.1, 0.15) is 5.41 Å². The molecule has 1 fully saturated rings. The predicted molar refractivity (Wildman–Crippen MR) is 62.5 cm³/mol. The maximum atomic E-state index is 12.3. The van der Waals surface area contributed by atoms with E-state index in [1.54, 1.807) is 4.90 Å². The van der Waals surface area contributed by atoms with Gasteiger partial charge in [0.05, 0.1) is 0 Å². The fourth-order valence-electron chi connectivity index (χ4n) is 2.16. The van der Waals surface area contributed by atoms with Crippen LogP contribution in [0.15, 0.2) is 0 Å². The molecule has 0 aliphatic heterocycles. The maximum Gasteiger partial charge on any atom is 0.319 e. The molecule has 0 spiro atoms. The smallest absolute Gasteiger partial charge is 0.319 e. The number of rotatable bonds is 6. The summed E-state index contributed by atoms with van der Waals surface area (Å²) in [5, 5.41) is 18.0. The van der Waals surface area contributed by atoms with E-state index in [9.17, 15) is 14.7 Å². The summed E-state index contributed by atoms with van der Waals surface area (Å²) in [7, 11) is 0. The normalized spacial score (nSPS) is 17.6. The molecule has 0 saturated heterocycles. The number of carboxylic acid groups (broad SMARTS) is 1. The van der Waals surface area contributed by atoms with E-state index in [0.29, 0.717) is 25.8 Å². The van der Waals surface area contributed by atoms with Crippen molar-refractivity contribution in [1.82, 2.24) is 4.90 Å². The van der Waals surface area contributed by atoms with Gasteiger partial charge in [0.15, 0.2) is 0 Å². The maximum absolute atomic E-state index is 12.3. The number of amides is 1. The van der Waals surface area contributed by atoms with Gasteiger partial charge in [-0.1, -0.05) is 6.42 Å². The Balaban J connectivity index is 2.79. The van der Waals surface area contributed by atoms with Crippen LogP contribution in [0.25, 0.3) is 0 Å². The zero-order valence-electron chi connectivity index (χ0n) is 10.5. The third-order valence-electron chi connectivity index (χ3n) is 3.47. The molecule has 0 radical (unpaired) electrons. The second-order valence-electron chi connectivity index (χ2n) is 4.91. The highest BCUT2D eigenvalue weighted by Crippen LogP contribution is 2.43. The second-order valence-corrected chi connectivity index (χ2v) is 4.91. The summed E-state index contributed by atoms with van der Waals surface area (Å²) in [6, 6.07) is -0.0362. The molecule has 0 aromatic heterocycles. The quantitative estimate of drug-likeness (QED) is 0.678. The van der Waals surface area contributed by atoms with E-state index in [-0.39, 0.29) is 18.6 Å². The van der Waals surface area contributed by atoms with Gasteiger partial charge in [0.25, 0.3) is 0 Å². The second kappa shape index (κ2) is 5.49. The van der Waals surface area contributed by atoms with Crippen LogP contribution in [-0.4, -0.2) is 46.2 Å². The molecule has 1 aliphatic rings. The average Bonchev–Trinajstić information content (AvgIpc) is 2.15. The number of aliphatic carboxylic acids is 1. The summed E-state index contributed by atoms with van der Waals surface area (Å²) >= 11 is 0. The standard InChI is InChI=1S/C12H21NO4/c1-9(2)13(7-4-8-14)10(15)12(11(16)17)5-3-6-12/h9,14H,3-8H2,1-2H3,(H,16,17). The average molecular weight is 243 g/mol. The fraction of sp³-hybridized carbons (Fsp3) is 0.833. The molecule has 5 nitrogen and oxygen atoms in total. The first-order valence-corrected chi connectivity index (χ1v) is 6.11. The highest BCUT2D eigenvalue weighted by atomic mass is 16.4. The fourth-order valence-corrected chi connectivity index (χ4v) is 2.16. The van der Waals surface area contributed by atoms with Crippen molar-refractivity contribution in [2.45, 2.75) is 45.6 Å². The van der Waals surface area contributed by atoms with E-state index in [1.165, 1.54) is 0 Å². The van der Waals surface area contributed by atoms with Gasteiger partial charge in [-0.05, 0) is 33.1 Å². The lowest BCUT2D eigenvalue weighted by Crippen LogP contribution is -2.54. The van der Waals surface area contributed by atoms with E-state index in [0.717, 1.165) is 6.42 Å². The van der Waals surface area contributed by atoms with Crippen molar-refractivity contribution >= 4 is 11.9 Å². The molecule has 2 N–H and O–H groups in total. The van der Waals surface area contributed by atoms with E-state index < -0.39 is 11.4 Å². The molecule has 0 atom stereocenters. The number of hydrogen-bond donors (Lipinski definition) is 2. The first-order chi connectivity index (χ1) is 7.95. The van der Waals surface area contributed by atoms with E-state index in [2.05, 4.69) is 0 Å². The lowest BCUT2D eigenvalue weighted by Gasteiger charge is -2.41. The van der Waals surface area contributed by atoms with Gasteiger partial charge in [0, 0.05) is 19.2 Å². The van der Waals surface area contributed by atoms with Gasteiger partial charge in [-0.3, -0.25) is 9.59 Å². The summed E-state index contributed by atoms with van der Waals surface area (Å²) in [6.45, 7) is 4.16. The molecule has 0 unspecified atom stereocenters. The van der Waals surface area contributed by atoms with Crippen LogP contribution >= 0.6 is 0 Å². The molecule has 17 heavy (non-hydrogen) atoms. The van der Waals surface area contributed by atoms with Gasteiger partial charge in [0.2, 0.25) is 5.91 Å². The third kappa shape index (κ3) is 2.60. The van der Waals surface area contributed by atoms with Crippen LogP contribution in [0.1, 0.15) is 39.5 Å². The van der Waals surface area contributed by atoms with Crippen molar-refractivity contribution in [3.8, 4) is 0 Å². The number of nitrogens with zero attached hydrogens (tertiary/aromatic N) is 1. The molecule has 1 saturated carbocycles. The van der Waals surface area contributed by atoms with Crippen LogP contribution < -0.4 is 0 Å². The Kier molecular flexibility index (Phi) is 4.51. The minimum absolute atomic E-state index is 0.0105. The molecular formula is C12H21NO4. The molecule has 0 heterocycles. The van der Waals surface area contributed by atoms with E-state index >= 15 is 0 Å². The summed E-state index contributed by atoms with van der Waals surface area (Å²) in [6.07, 6.45) is 2.15. The van der Waals surface area contributed by atoms with Gasteiger partial charge in [-0.25, -0.2) is 0 Å². The van der Waals surface area contributed by atoms with E-state index in [4.69, 9.17) is 5.11 Å². The Bertz CT molecular complexity index is 297. The van der Waals surface area contributed by atoms with Crippen molar-refractivity contribution in [3.05, 3.63) is 0 Å². The van der Waals surface area contributed by atoms with Crippen LogP contribution in [0.5, 0.6) is 0 Å². The van der Waals surface area contributed by atoms with Gasteiger partial charge in [-0.15, -0.1) is 0 Å². The Hall–Kier alpha value is -1.10. The SMILES string of the molecule is CC(C)N(CCCO)C(=O)C1(C(=O)O)CCC1. The van der Waals surface area contributed by atoms with Gasteiger partial charge in [-0.2, -0.15) is 0 Å². The highest BCUT2D eigenvalue weighted by molar-refractivity contribution is 6.02. The van der Waals surface area contributed by atoms with Crippen LogP contribution in [0.2, 0.25) is 0 Å². The van der Waals surface area contributed by atoms with Crippen LogP contribution in [0.3, 0.4) is 0 Å². The minimum atomic E-state index is -1.19. The van der Waals surface area contributed by atoms with Crippen LogP contribution in [-0.2, 0) is 9.59 Å². The summed E-state index contributed by atoms with van der Waals surface area (Å²) in [5.74, 6) is -1.30. The Morgan fingerprint density at radius 3 is 2.24 bits per heavy atom. The Morgan fingerprint density at radius 2 is 1.94 bits per heavy atom. The number of carbonyl (C=O) groups excluding carboxylic acids is 1. The molecule has 98 valence electrons. The number of carbonyl (C=O) groups is 2. The van der Waals surface area contributed by atoms with Crippen molar-refractivity contribution in [2.75, 3.05) is 13.2 Å². The number of aliphatic hydroxyl groups is 1. The Labute approximate surface area is 101 Å². The summed E-state index contributed by atoms with van der Waals surface area (Å²) in [4.78, 5) is 25.1. The zero-order valence-corrected chi connectivity index (χ0v) is 10.5. The van der Waals surface area contributed by atoms with E-state index in [1.807, 2.05) is 13.8 Å². The van der Waals surface area contributed by atoms with Crippen molar-refractivity contribution in [2.24, 2.45) is 5.41 Å². The number of hydrogen-bond acceptors (Lipinski definition) is 3. The predicted octanol–water partition coefficient (Wildman–Crippen LogP) is 0.861. The van der Waals surface area contributed by atoms with Gasteiger partial charge < -0.3 is 15.1 Å². The number of aliphatic hydroxyl groups excluding tert-OH is 1. The van der Waals surface area contributed by atoms with Crippen molar-refractivity contribution < 1.29 is 19.8 Å². The van der Waals surface area contributed by atoms with Gasteiger partial charge >= 0.3 is 5.97 Å². The van der Waals surface area contributed by atoms with Crippen LogP contribution in [0.4, 0.5) is 0 Å². The lowest BCUT2D eigenvalue weighted by atomic mass is 9.67. The highest BCUT2D eigenvalue weighted by Gasteiger charge is 2.53. The monoisotopic (exact) mass is 243 g/mol. The van der Waals surface area contributed by atoms with Crippen LogP contribution in [0, 0.1) is 5.41 Å². The number of carboxylic acids is 1.